The molecule has 28 heavy (non-hydrogen) atoms. The van der Waals surface area contributed by atoms with Gasteiger partial charge in [0.05, 0.1) is 11.4 Å². The van der Waals surface area contributed by atoms with Crippen molar-refractivity contribution >= 4 is 22.7 Å². The number of fused-ring (bicyclic) bond motifs is 1. The van der Waals surface area contributed by atoms with Gasteiger partial charge in [-0.3, -0.25) is 0 Å². The summed E-state index contributed by atoms with van der Waals surface area (Å²) in [5.74, 6) is 0. The van der Waals surface area contributed by atoms with Crippen molar-refractivity contribution in [2.75, 3.05) is 16.3 Å². The van der Waals surface area contributed by atoms with Crippen LogP contribution in [0, 0.1) is 6.92 Å². The van der Waals surface area contributed by atoms with Crippen molar-refractivity contribution in [2.24, 2.45) is 0 Å². The second kappa shape index (κ2) is 7.01. The lowest BCUT2D eigenvalue weighted by Crippen LogP contribution is -2.43. The summed E-state index contributed by atoms with van der Waals surface area (Å²) < 4.78 is 0. The van der Waals surface area contributed by atoms with Gasteiger partial charge >= 0.3 is 0 Å². The molecule has 0 spiro atoms. The lowest BCUT2D eigenvalue weighted by Gasteiger charge is -2.44. The van der Waals surface area contributed by atoms with Crippen LogP contribution in [0.15, 0.2) is 72.8 Å². The highest BCUT2D eigenvalue weighted by molar-refractivity contribution is 5.85. The number of rotatable bonds is 2. The first-order valence-electron chi connectivity index (χ1n) is 10.2. The van der Waals surface area contributed by atoms with Gasteiger partial charge in [-0.15, -0.1) is 0 Å². The smallest absolute Gasteiger partial charge is 0.0656 e. The van der Waals surface area contributed by atoms with Crippen LogP contribution in [0.4, 0.5) is 22.7 Å². The second-order valence-electron chi connectivity index (χ2n) is 8.91. The van der Waals surface area contributed by atoms with Gasteiger partial charge in [0, 0.05) is 24.0 Å². The molecule has 2 heteroatoms. The summed E-state index contributed by atoms with van der Waals surface area (Å²) in [4.78, 5) is 4.99. The van der Waals surface area contributed by atoms with Gasteiger partial charge in [-0.2, -0.15) is 0 Å². The maximum atomic E-state index is 2.50. The molecule has 0 saturated carbocycles. The number of benzene rings is 3. The molecule has 3 aromatic carbocycles. The van der Waals surface area contributed by atoms with Crippen molar-refractivity contribution in [2.45, 2.75) is 46.1 Å². The standard InChI is InChI=1S/C26H30N2/c1-19-11-9-10-14-23(19)27-18-20(2)28(22-12-7-6-8-13-22)24-16-15-21(17-25(24)27)26(3,4)5/h6-17,20H,18H2,1-5H3/t20-/m1/s1. The van der Waals surface area contributed by atoms with E-state index in [1.807, 2.05) is 0 Å². The van der Waals surface area contributed by atoms with Crippen LogP contribution in [0.1, 0.15) is 38.8 Å². The summed E-state index contributed by atoms with van der Waals surface area (Å²) in [5, 5.41) is 0. The SMILES string of the molecule is Cc1ccccc1N1C[C@@H](C)N(c2ccccc2)c2ccc(C(C)(C)C)cc21. The van der Waals surface area contributed by atoms with E-state index in [9.17, 15) is 0 Å². The number of para-hydroxylation sites is 2. The van der Waals surface area contributed by atoms with Crippen molar-refractivity contribution in [1.29, 1.82) is 0 Å². The van der Waals surface area contributed by atoms with Gasteiger partial charge in [-0.05, 0) is 60.7 Å². The van der Waals surface area contributed by atoms with E-state index < -0.39 is 0 Å². The first-order valence-corrected chi connectivity index (χ1v) is 10.2. The van der Waals surface area contributed by atoms with Crippen LogP contribution in [0.2, 0.25) is 0 Å². The Bertz CT molecular complexity index is 969. The molecule has 4 rings (SSSR count). The highest BCUT2D eigenvalue weighted by Gasteiger charge is 2.31. The van der Waals surface area contributed by atoms with Gasteiger partial charge in [0.2, 0.25) is 0 Å². The first-order chi connectivity index (χ1) is 13.4. The van der Waals surface area contributed by atoms with Gasteiger partial charge in [0.1, 0.15) is 0 Å². The highest BCUT2D eigenvalue weighted by atomic mass is 15.3. The molecule has 1 atom stereocenters. The summed E-state index contributed by atoms with van der Waals surface area (Å²) in [7, 11) is 0. The molecule has 3 aromatic rings. The molecule has 0 N–H and O–H groups in total. The van der Waals surface area contributed by atoms with Crippen LogP contribution in [0.5, 0.6) is 0 Å². The molecule has 1 aliphatic heterocycles. The fourth-order valence-electron chi connectivity index (χ4n) is 4.17. The maximum absolute atomic E-state index is 2.50. The summed E-state index contributed by atoms with van der Waals surface area (Å²) in [6.45, 7) is 12.3. The predicted molar refractivity (Wildman–Crippen MR) is 121 cm³/mol. The van der Waals surface area contributed by atoms with Crippen molar-refractivity contribution in [3.63, 3.8) is 0 Å². The summed E-state index contributed by atoms with van der Waals surface area (Å²) in [6, 6.07) is 26.8. The minimum atomic E-state index is 0.118. The Kier molecular flexibility index (Phi) is 4.66. The van der Waals surface area contributed by atoms with E-state index >= 15 is 0 Å². The fourth-order valence-corrected chi connectivity index (χ4v) is 4.17. The predicted octanol–water partition coefficient (Wildman–Crippen LogP) is 6.97. The van der Waals surface area contributed by atoms with Crippen LogP contribution >= 0.6 is 0 Å². The van der Waals surface area contributed by atoms with Crippen LogP contribution in [0.25, 0.3) is 0 Å². The molecule has 0 amide bonds. The van der Waals surface area contributed by atoms with Gasteiger partial charge in [-0.25, -0.2) is 0 Å². The van der Waals surface area contributed by atoms with Crippen molar-refractivity contribution in [3.8, 4) is 0 Å². The van der Waals surface area contributed by atoms with Gasteiger partial charge < -0.3 is 9.80 Å². The summed E-state index contributed by atoms with van der Waals surface area (Å²) in [6.07, 6.45) is 0. The van der Waals surface area contributed by atoms with Crippen LogP contribution in [-0.4, -0.2) is 12.6 Å². The van der Waals surface area contributed by atoms with E-state index in [2.05, 4.69) is 117 Å². The Morgan fingerprint density at radius 3 is 2.14 bits per heavy atom. The van der Waals surface area contributed by atoms with Crippen molar-refractivity contribution < 1.29 is 0 Å². The number of hydrogen-bond acceptors (Lipinski definition) is 2. The molecule has 0 saturated heterocycles. The largest absolute Gasteiger partial charge is 0.337 e. The molecule has 0 aliphatic carbocycles. The average molecular weight is 371 g/mol. The van der Waals surface area contributed by atoms with E-state index in [1.54, 1.807) is 0 Å². The fraction of sp³-hybridized carbons (Fsp3) is 0.308. The third kappa shape index (κ3) is 3.28. The Morgan fingerprint density at radius 1 is 0.786 bits per heavy atom. The third-order valence-corrected chi connectivity index (χ3v) is 5.72. The van der Waals surface area contributed by atoms with Crippen LogP contribution in [-0.2, 0) is 5.41 Å². The molecule has 0 bridgehead atoms. The van der Waals surface area contributed by atoms with Gasteiger partial charge in [0.25, 0.3) is 0 Å². The van der Waals surface area contributed by atoms with Crippen molar-refractivity contribution in [3.05, 3.63) is 83.9 Å². The normalized spacial score (nSPS) is 16.8. The lowest BCUT2D eigenvalue weighted by atomic mass is 9.86. The topological polar surface area (TPSA) is 6.48 Å². The zero-order valence-electron chi connectivity index (χ0n) is 17.6. The molecule has 144 valence electrons. The summed E-state index contributed by atoms with van der Waals surface area (Å²) >= 11 is 0. The maximum Gasteiger partial charge on any atom is 0.0656 e. The minimum absolute atomic E-state index is 0.118. The Balaban J connectivity index is 1.92. The molecule has 0 aromatic heterocycles. The van der Waals surface area contributed by atoms with E-state index in [4.69, 9.17) is 0 Å². The Morgan fingerprint density at radius 2 is 1.46 bits per heavy atom. The quantitative estimate of drug-likeness (QED) is 0.480. The molecular weight excluding hydrogens is 340 g/mol. The van der Waals surface area contributed by atoms with Gasteiger partial charge in [0.15, 0.2) is 0 Å². The third-order valence-electron chi connectivity index (χ3n) is 5.72. The number of nitrogens with zero attached hydrogens (tertiary/aromatic N) is 2. The molecule has 1 heterocycles. The van der Waals surface area contributed by atoms with Crippen molar-refractivity contribution in [1.82, 2.24) is 0 Å². The molecule has 0 fully saturated rings. The summed E-state index contributed by atoms with van der Waals surface area (Å²) in [5.41, 5.74) is 7.93. The molecule has 0 radical (unpaired) electrons. The van der Waals surface area contributed by atoms with E-state index in [0.717, 1.165) is 6.54 Å². The zero-order valence-corrected chi connectivity index (χ0v) is 17.6. The lowest BCUT2D eigenvalue weighted by molar-refractivity contribution is 0.589. The monoisotopic (exact) mass is 370 g/mol. The van der Waals surface area contributed by atoms with E-state index in [-0.39, 0.29) is 5.41 Å². The average Bonchev–Trinajstić information content (AvgIpc) is 2.67. The highest BCUT2D eigenvalue weighted by Crippen LogP contribution is 2.45. The second-order valence-corrected chi connectivity index (χ2v) is 8.91. The molecule has 1 aliphatic rings. The van der Waals surface area contributed by atoms with Gasteiger partial charge in [-0.1, -0.05) is 63.2 Å². The van der Waals surface area contributed by atoms with E-state index in [1.165, 1.54) is 33.9 Å². The van der Waals surface area contributed by atoms with E-state index in [0.29, 0.717) is 6.04 Å². The zero-order chi connectivity index (χ0) is 19.9. The number of anilines is 4. The minimum Gasteiger partial charge on any atom is -0.337 e. The number of hydrogen-bond donors (Lipinski definition) is 0. The number of aryl methyl sites for hydroxylation is 1. The molecule has 2 nitrogen and oxygen atoms in total. The Labute approximate surface area is 169 Å². The van der Waals surface area contributed by atoms with Crippen LogP contribution < -0.4 is 9.80 Å². The van der Waals surface area contributed by atoms with Crippen LogP contribution in [0.3, 0.4) is 0 Å². The first kappa shape index (κ1) is 18.6. The molecular formula is C26H30N2. The Hall–Kier alpha value is -2.74. The molecule has 0 unspecified atom stereocenters.